The van der Waals surface area contributed by atoms with Crippen LogP contribution < -0.4 is 5.32 Å². The van der Waals surface area contributed by atoms with Gasteiger partial charge in [0, 0.05) is 19.0 Å². The highest BCUT2D eigenvalue weighted by atomic mass is 16.5. The molecule has 2 rings (SSSR count). The third-order valence-electron chi connectivity index (χ3n) is 3.90. The number of ether oxygens (including phenoxy) is 1. The second-order valence-electron chi connectivity index (χ2n) is 5.44. The Morgan fingerprint density at radius 1 is 1.40 bits per heavy atom. The number of carboxylic acid groups (broad SMARTS) is 1. The van der Waals surface area contributed by atoms with Gasteiger partial charge >= 0.3 is 5.97 Å². The van der Waals surface area contributed by atoms with Crippen LogP contribution in [-0.2, 0) is 14.3 Å². The molecule has 3 unspecified atom stereocenters. The highest BCUT2D eigenvalue weighted by Gasteiger charge is 2.44. The predicted molar refractivity (Wildman–Crippen MR) is 70.2 cm³/mol. The number of nitrogens with one attached hydrogen (secondary N) is 1. The molecule has 20 heavy (non-hydrogen) atoms. The molecule has 0 aromatic carbocycles. The van der Waals surface area contributed by atoms with Gasteiger partial charge in [0.05, 0.1) is 25.2 Å². The largest absolute Gasteiger partial charge is 0.480 e. The molecular weight excluding hydrogens is 264 g/mol. The van der Waals surface area contributed by atoms with Gasteiger partial charge in [-0.05, 0) is 13.0 Å². The standard InChI is InChI=1S/C13H22N2O5/c1-2-3-14-10-7-20-6-9(10)12(17)15-5-8(16)4-11(15)13(18)19/h8-11,14,16H,2-7H2,1H3,(H,18,19)/t8?,9?,10?,11-/m0/s1. The zero-order valence-electron chi connectivity index (χ0n) is 11.6. The van der Waals surface area contributed by atoms with E-state index in [0.717, 1.165) is 13.0 Å². The van der Waals surface area contributed by atoms with Gasteiger partial charge in [0.1, 0.15) is 6.04 Å². The number of amides is 1. The highest BCUT2D eigenvalue weighted by molar-refractivity contribution is 5.86. The van der Waals surface area contributed by atoms with Gasteiger partial charge in [-0.3, -0.25) is 4.79 Å². The fourth-order valence-corrected chi connectivity index (χ4v) is 2.83. The monoisotopic (exact) mass is 286 g/mol. The third kappa shape index (κ3) is 3.11. The van der Waals surface area contributed by atoms with E-state index in [2.05, 4.69) is 5.32 Å². The zero-order chi connectivity index (χ0) is 14.7. The molecule has 1 amide bonds. The molecule has 2 aliphatic rings. The quantitative estimate of drug-likeness (QED) is 0.602. The number of aliphatic hydroxyl groups excluding tert-OH is 1. The van der Waals surface area contributed by atoms with Crippen LogP contribution in [0.5, 0.6) is 0 Å². The topological polar surface area (TPSA) is 99.1 Å². The van der Waals surface area contributed by atoms with Gasteiger partial charge in [-0.2, -0.15) is 0 Å². The summed E-state index contributed by atoms with van der Waals surface area (Å²) in [6, 6.07) is -1.00. The van der Waals surface area contributed by atoms with E-state index in [-0.39, 0.29) is 30.8 Å². The smallest absolute Gasteiger partial charge is 0.326 e. The fraction of sp³-hybridized carbons (Fsp3) is 0.846. The molecule has 0 bridgehead atoms. The summed E-state index contributed by atoms with van der Waals surface area (Å²) in [5.74, 6) is -1.67. The number of carbonyl (C=O) groups is 2. The fourth-order valence-electron chi connectivity index (χ4n) is 2.83. The minimum absolute atomic E-state index is 0.0744. The van der Waals surface area contributed by atoms with E-state index < -0.39 is 18.1 Å². The molecule has 0 radical (unpaired) electrons. The van der Waals surface area contributed by atoms with E-state index in [9.17, 15) is 14.7 Å². The number of β-amino-alcohol motifs (C(OH)–C–C–N with tert-alkyl or cyclic N) is 1. The van der Waals surface area contributed by atoms with E-state index in [1.54, 1.807) is 0 Å². The second kappa shape index (κ2) is 6.51. The van der Waals surface area contributed by atoms with Gasteiger partial charge < -0.3 is 25.2 Å². The summed E-state index contributed by atoms with van der Waals surface area (Å²) in [5.41, 5.74) is 0. The van der Waals surface area contributed by atoms with Crippen LogP contribution in [0.3, 0.4) is 0 Å². The van der Waals surface area contributed by atoms with E-state index >= 15 is 0 Å². The molecule has 0 saturated carbocycles. The number of likely N-dealkylation sites (tertiary alicyclic amines) is 1. The van der Waals surface area contributed by atoms with Crippen molar-refractivity contribution in [1.29, 1.82) is 0 Å². The number of aliphatic hydroxyl groups is 1. The molecule has 7 nitrogen and oxygen atoms in total. The minimum Gasteiger partial charge on any atom is -0.480 e. The minimum atomic E-state index is -1.06. The average molecular weight is 286 g/mol. The summed E-state index contributed by atoms with van der Waals surface area (Å²) in [7, 11) is 0. The molecule has 0 aliphatic carbocycles. The van der Waals surface area contributed by atoms with Crippen LogP contribution in [0.4, 0.5) is 0 Å². The number of aliphatic carboxylic acids is 1. The Morgan fingerprint density at radius 3 is 2.80 bits per heavy atom. The number of hydrogen-bond acceptors (Lipinski definition) is 5. The van der Waals surface area contributed by atoms with Crippen LogP contribution in [0.15, 0.2) is 0 Å². The average Bonchev–Trinajstić information content (AvgIpc) is 3.01. The number of nitrogens with zero attached hydrogens (tertiary/aromatic N) is 1. The summed E-state index contributed by atoms with van der Waals surface area (Å²) >= 11 is 0. The van der Waals surface area contributed by atoms with E-state index in [4.69, 9.17) is 9.84 Å². The summed E-state index contributed by atoms with van der Waals surface area (Å²) < 4.78 is 5.35. The Balaban J connectivity index is 2.03. The normalized spacial score (nSPS) is 33.6. The number of hydrogen-bond donors (Lipinski definition) is 3. The highest BCUT2D eigenvalue weighted by Crippen LogP contribution is 2.24. The van der Waals surface area contributed by atoms with Gasteiger partial charge in [-0.25, -0.2) is 4.79 Å². The van der Waals surface area contributed by atoms with Gasteiger partial charge in [-0.15, -0.1) is 0 Å². The first-order chi connectivity index (χ1) is 9.54. The van der Waals surface area contributed by atoms with Crippen molar-refractivity contribution in [1.82, 2.24) is 10.2 Å². The molecule has 0 aromatic rings. The molecular formula is C13H22N2O5. The van der Waals surface area contributed by atoms with Crippen molar-refractivity contribution in [3.8, 4) is 0 Å². The SMILES string of the molecule is CCCNC1COCC1C(=O)N1CC(O)C[C@H]1C(=O)O. The van der Waals surface area contributed by atoms with E-state index in [1.165, 1.54) is 4.90 Å². The van der Waals surface area contributed by atoms with Gasteiger partial charge in [-0.1, -0.05) is 6.92 Å². The lowest BCUT2D eigenvalue weighted by Gasteiger charge is -2.27. The maximum absolute atomic E-state index is 12.5. The molecule has 7 heteroatoms. The van der Waals surface area contributed by atoms with Crippen molar-refractivity contribution in [2.24, 2.45) is 5.92 Å². The molecule has 2 fully saturated rings. The lowest BCUT2D eigenvalue weighted by atomic mass is 10.0. The lowest BCUT2D eigenvalue weighted by Crippen LogP contribution is -2.49. The molecule has 2 heterocycles. The molecule has 2 aliphatic heterocycles. The second-order valence-corrected chi connectivity index (χ2v) is 5.44. The van der Waals surface area contributed by atoms with Gasteiger partial charge in [0.15, 0.2) is 0 Å². The molecule has 4 atom stereocenters. The number of carbonyl (C=O) groups excluding carboxylic acids is 1. The van der Waals surface area contributed by atoms with Crippen molar-refractivity contribution < 1.29 is 24.5 Å². The Hall–Kier alpha value is -1.18. The Bertz CT molecular complexity index is 376. The lowest BCUT2D eigenvalue weighted by molar-refractivity contribution is -0.150. The summed E-state index contributed by atoms with van der Waals surface area (Å²) in [6.07, 6.45) is 0.295. The van der Waals surface area contributed by atoms with E-state index in [1.807, 2.05) is 6.92 Å². The van der Waals surface area contributed by atoms with Crippen LogP contribution in [0.1, 0.15) is 19.8 Å². The first kappa shape index (κ1) is 15.2. The van der Waals surface area contributed by atoms with Crippen LogP contribution in [0.25, 0.3) is 0 Å². The Labute approximate surface area is 117 Å². The van der Waals surface area contributed by atoms with Crippen LogP contribution in [0, 0.1) is 5.92 Å². The van der Waals surface area contributed by atoms with Crippen molar-refractivity contribution in [2.75, 3.05) is 26.3 Å². The maximum atomic E-state index is 12.5. The van der Waals surface area contributed by atoms with Crippen LogP contribution in [0.2, 0.25) is 0 Å². The Morgan fingerprint density at radius 2 is 2.15 bits per heavy atom. The zero-order valence-corrected chi connectivity index (χ0v) is 11.6. The molecule has 3 N–H and O–H groups in total. The van der Waals surface area contributed by atoms with Crippen molar-refractivity contribution in [3.05, 3.63) is 0 Å². The van der Waals surface area contributed by atoms with Crippen LogP contribution >= 0.6 is 0 Å². The summed E-state index contributed by atoms with van der Waals surface area (Å²) in [4.78, 5) is 25.0. The van der Waals surface area contributed by atoms with Crippen LogP contribution in [-0.4, -0.2) is 71.5 Å². The molecule has 0 spiro atoms. The Kier molecular flexibility index (Phi) is 4.95. The molecule has 114 valence electrons. The molecule has 0 aromatic heterocycles. The van der Waals surface area contributed by atoms with Gasteiger partial charge in [0.2, 0.25) is 5.91 Å². The number of carboxylic acids is 1. The first-order valence-electron chi connectivity index (χ1n) is 7.07. The van der Waals surface area contributed by atoms with E-state index in [0.29, 0.717) is 13.2 Å². The molecule has 2 saturated heterocycles. The predicted octanol–water partition coefficient (Wildman–Crippen LogP) is -0.953. The maximum Gasteiger partial charge on any atom is 0.326 e. The van der Waals surface area contributed by atoms with Crippen molar-refractivity contribution >= 4 is 11.9 Å². The third-order valence-corrected chi connectivity index (χ3v) is 3.90. The summed E-state index contributed by atoms with van der Waals surface area (Å²) in [6.45, 7) is 3.69. The number of rotatable bonds is 5. The van der Waals surface area contributed by atoms with Gasteiger partial charge in [0.25, 0.3) is 0 Å². The first-order valence-corrected chi connectivity index (χ1v) is 7.07. The van der Waals surface area contributed by atoms with Crippen molar-refractivity contribution in [2.45, 2.75) is 38.0 Å². The summed E-state index contributed by atoms with van der Waals surface area (Å²) in [5, 5.41) is 22.0. The van der Waals surface area contributed by atoms with Crippen molar-refractivity contribution in [3.63, 3.8) is 0 Å².